The molecule has 0 amide bonds. The molecule has 0 saturated heterocycles. The third-order valence-electron chi connectivity index (χ3n) is 3.66. The highest BCUT2D eigenvalue weighted by atomic mass is 16.5. The first-order valence-electron chi connectivity index (χ1n) is 8.26. The molecule has 3 aromatic carbocycles. The molecule has 0 aliphatic heterocycles. The van der Waals surface area contributed by atoms with Crippen LogP contribution in [0.3, 0.4) is 0 Å². The van der Waals surface area contributed by atoms with E-state index in [1.165, 1.54) is 54.8 Å². The van der Waals surface area contributed by atoms with E-state index in [9.17, 15) is 14.7 Å². The van der Waals surface area contributed by atoms with Crippen LogP contribution in [0.4, 0.5) is 0 Å². The van der Waals surface area contributed by atoms with Crippen molar-refractivity contribution < 1.29 is 28.9 Å². The van der Waals surface area contributed by atoms with Crippen molar-refractivity contribution in [2.24, 2.45) is 0 Å². The monoisotopic (exact) mass is 376 g/mol. The van der Waals surface area contributed by atoms with Gasteiger partial charge in [0.2, 0.25) is 0 Å². The van der Waals surface area contributed by atoms with Crippen molar-refractivity contribution in [2.75, 3.05) is 0 Å². The van der Waals surface area contributed by atoms with E-state index in [-0.39, 0.29) is 5.75 Å². The molecule has 0 aliphatic carbocycles. The molecule has 28 heavy (non-hydrogen) atoms. The Hall–Kier alpha value is -4.06. The van der Waals surface area contributed by atoms with Gasteiger partial charge in [-0.3, -0.25) is 0 Å². The van der Waals surface area contributed by atoms with E-state index in [0.717, 1.165) is 0 Å². The summed E-state index contributed by atoms with van der Waals surface area (Å²) in [6, 6.07) is 18.2. The first-order valence-corrected chi connectivity index (χ1v) is 8.26. The minimum atomic E-state index is -0.563. The fraction of sp³-hybridized carbons (Fsp3) is 0. The second-order valence-corrected chi connectivity index (χ2v) is 5.61. The lowest BCUT2D eigenvalue weighted by Gasteiger charge is -2.07. The molecule has 3 rings (SSSR count). The van der Waals surface area contributed by atoms with Crippen LogP contribution in [0.2, 0.25) is 0 Å². The molecule has 0 heterocycles. The van der Waals surface area contributed by atoms with Gasteiger partial charge in [0.15, 0.2) is 0 Å². The zero-order valence-corrected chi connectivity index (χ0v) is 14.7. The van der Waals surface area contributed by atoms with Crippen LogP contribution in [0.15, 0.2) is 85.6 Å². The quantitative estimate of drug-likeness (QED) is 0.391. The van der Waals surface area contributed by atoms with Crippen LogP contribution in [0.25, 0.3) is 0 Å². The third-order valence-corrected chi connectivity index (χ3v) is 3.66. The van der Waals surface area contributed by atoms with Crippen LogP contribution in [-0.4, -0.2) is 17.0 Å². The molecule has 0 spiro atoms. The summed E-state index contributed by atoms with van der Waals surface area (Å²) < 4.78 is 15.6. The molecule has 0 fully saturated rings. The lowest BCUT2D eigenvalue weighted by Crippen LogP contribution is -2.09. The standard InChI is InChI=1S/C22H16O6/c1-2-26-18-9-5-16(6-10-18)22(25)28-20-13-11-19(12-14-20)27-21(24)15-3-7-17(23)8-4-15/h2-14,23H,1H2. The smallest absolute Gasteiger partial charge is 0.343 e. The molecule has 0 atom stereocenters. The lowest BCUT2D eigenvalue weighted by atomic mass is 10.2. The summed E-state index contributed by atoms with van der Waals surface area (Å²) in [7, 11) is 0. The van der Waals surface area contributed by atoms with E-state index >= 15 is 0 Å². The number of carbonyl (C=O) groups is 2. The van der Waals surface area contributed by atoms with Gasteiger partial charge < -0.3 is 19.3 Å². The summed E-state index contributed by atoms with van der Waals surface area (Å²) in [5.41, 5.74) is 0.663. The molecule has 0 saturated carbocycles. The summed E-state index contributed by atoms with van der Waals surface area (Å²) in [6.45, 7) is 3.46. The van der Waals surface area contributed by atoms with E-state index in [1.54, 1.807) is 24.3 Å². The van der Waals surface area contributed by atoms with E-state index in [0.29, 0.717) is 28.4 Å². The maximum atomic E-state index is 12.2. The van der Waals surface area contributed by atoms with Gasteiger partial charge in [-0.25, -0.2) is 9.59 Å². The van der Waals surface area contributed by atoms with Crippen LogP contribution < -0.4 is 14.2 Å². The number of esters is 2. The van der Waals surface area contributed by atoms with Gasteiger partial charge in [-0.15, -0.1) is 0 Å². The van der Waals surface area contributed by atoms with Crippen LogP contribution >= 0.6 is 0 Å². The van der Waals surface area contributed by atoms with Crippen molar-refractivity contribution in [3.63, 3.8) is 0 Å². The second-order valence-electron chi connectivity index (χ2n) is 5.61. The van der Waals surface area contributed by atoms with Crippen LogP contribution in [0.5, 0.6) is 23.0 Å². The topological polar surface area (TPSA) is 82.1 Å². The molecular weight excluding hydrogens is 360 g/mol. The average molecular weight is 376 g/mol. The van der Waals surface area contributed by atoms with Crippen LogP contribution in [-0.2, 0) is 0 Å². The number of rotatable bonds is 6. The first kappa shape index (κ1) is 18.7. The average Bonchev–Trinajstić information content (AvgIpc) is 2.70. The molecular formula is C22H16O6. The van der Waals surface area contributed by atoms with Gasteiger partial charge in [-0.1, -0.05) is 6.58 Å². The van der Waals surface area contributed by atoms with Crippen molar-refractivity contribution in [2.45, 2.75) is 0 Å². The van der Waals surface area contributed by atoms with Crippen molar-refractivity contribution in [1.29, 1.82) is 0 Å². The number of hydrogen-bond acceptors (Lipinski definition) is 6. The molecule has 0 aromatic heterocycles. The summed E-state index contributed by atoms with van der Waals surface area (Å²) in [5.74, 6) is 0.132. The van der Waals surface area contributed by atoms with Crippen LogP contribution in [0.1, 0.15) is 20.7 Å². The number of ether oxygens (including phenoxy) is 3. The van der Waals surface area contributed by atoms with Crippen molar-refractivity contribution in [3.05, 3.63) is 96.8 Å². The highest BCUT2D eigenvalue weighted by Gasteiger charge is 2.11. The first-order chi connectivity index (χ1) is 13.5. The predicted molar refractivity (Wildman–Crippen MR) is 102 cm³/mol. The van der Waals surface area contributed by atoms with Crippen LogP contribution in [0, 0.1) is 0 Å². The maximum Gasteiger partial charge on any atom is 0.343 e. The zero-order valence-electron chi connectivity index (χ0n) is 14.7. The van der Waals surface area contributed by atoms with Gasteiger partial charge in [0.1, 0.15) is 23.0 Å². The summed E-state index contributed by atoms with van der Waals surface area (Å²) in [6.07, 6.45) is 1.29. The Kier molecular flexibility index (Phi) is 5.72. The normalized spacial score (nSPS) is 10.0. The molecule has 0 bridgehead atoms. The minimum absolute atomic E-state index is 0.0607. The Bertz CT molecular complexity index is 973. The van der Waals surface area contributed by atoms with E-state index in [4.69, 9.17) is 14.2 Å². The molecule has 0 aliphatic rings. The molecule has 0 radical (unpaired) electrons. The predicted octanol–water partition coefficient (Wildman–Crippen LogP) is 4.35. The molecule has 6 heteroatoms. The highest BCUT2D eigenvalue weighted by Crippen LogP contribution is 2.21. The largest absolute Gasteiger partial charge is 0.508 e. The maximum absolute atomic E-state index is 12.2. The number of carbonyl (C=O) groups excluding carboxylic acids is 2. The van der Waals surface area contributed by atoms with Crippen molar-refractivity contribution in [3.8, 4) is 23.0 Å². The van der Waals surface area contributed by atoms with Gasteiger partial charge in [0.25, 0.3) is 0 Å². The second kappa shape index (κ2) is 8.55. The van der Waals surface area contributed by atoms with Gasteiger partial charge in [0, 0.05) is 0 Å². The lowest BCUT2D eigenvalue weighted by molar-refractivity contribution is 0.0719. The number of phenolic OH excluding ortho intramolecular Hbond substituents is 1. The highest BCUT2D eigenvalue weighted by molar-refractivity contribution is 5.92. The van der Waals surface area contributed by atoms with Gasteiger partial charge >= 0.3 is 11.9 Å². The van der Waals surface area contributed by atoms with E-state index < -0.39 is 11.9 Å². The van der Waals surface area contributed by atoms with Gasteiger partial charge in [-0.2, -0.15) is 0 Å². The number of benzene rings is 3. The van der Waals surface area contributed by atoms with Crippen molar-refractivity contribution in [1.82, 2.24) is 0 Å². The molecule has 3 aromatic rings. The number of aromatic hydroxyl groups is 1. The third kappa shape index (κ3) is 4.76. The Morgan fingerprint density at radius 1 is 0.679 bits per heavy atom. The minimum Gasteiger partial charge on any atom is -0.508 e. The van der Waals surface area contributed by atoms with E-state index in [2.05, 4.69) is 6.58 Å². The Morgan fingerprint density at radius 3 is 1.50 bits per heavy atom. The SMILES string of the molecule is C=COc1ccc(C(=O)Oc2ccc(OC(=O)c3ccc(O)cc3)cc2)cc1. The fourth-order valence-corrected chi connectivity index (χ4v) is 2.27. The zero-order chi connectivity index (χ0) is 19.9. The molecule has 1 N–H and O–H groups in total. The Balaban J connectivity index is 1.60. The van der Waals surface area contributed by atoms with Gasteiger partial charge in [-0.05, 0) is 72.8 Å². The summed E-state index contributed by atoms with van der Waals surface area (Å²) >= 11 is 0. The van der Waals surface area contributed by atoms with Crippen molar-refractivity contribution >= 4 is 11.9 Å². The summed E-state index contributed by atoms with van der Waals surface area (Å²) in [4.78, 5) is 24.2. The Morgan fingerprint density at radius 2 is 1.07 bits per heavy atom. The molecule has 140 valence electrons. The summed E-state index contributed by atoms with van der Waals surface area (Å²) in [5, 5.41) is 9.25. The fourth-order valence-electron chi connectivity index (χ4n) is 2.27. The number of hydrogen-bond donors (Lipinski definition) is 1. The molecule has 6 nitrogen and oxygen atoms in total. The van der Waals surface area contributed by atoms with E-state index in [1.807, 2.05) is 0 Å². The van der Waals surface area contributed by atoms with Gasteiger partial charge in [0.05, 0.1) is 17.4 Å². The molecule has 0 unspecified atom stereocenters. The Labute approximate surface area is 161 Å². The number of phenols is 1.